The summed E-state index contributed by atoms with van der Waals surface area (Å²) in [6, 6.07) is 10.8. The zero-order chi connectivity index (χ0) is 25.9. The van der Waals surface area contributed by atoms with Crippen LogP contribution in [0.2, 0.25) is 10.0 Å². The third-order valence-corrected chi connectivity index (χ3v) is 5.97. The Morgan fingerprint density at radius 3 is 2.31 bits per heavy atom. The van der Waals surface area contributed by atoms with E-state index in [1.165, 1.54) is 18.4 Å². The third kappa shape index (κ3) is 6.23. The lowest BCUT2D eigenvalue weighted by atomic mass is 10.0. The van der Waals surface area contributed by atoms with E-state index in [1.807, 2.05) is 13.8 Å². The number of nitrogens with zero attached hydrogens (tertiary/aromatic N) is 3. The molecule has 0 fully saturated rings. The van der Waals surface area contributed by atoms with Gasteiger partial charge in [-0.1, -0.05) is 35.3 Å². The highest BCUT2D eigenvalue weighted by molar-refractivity contribution is 6.32. The van der Waals surface area contributed by atoms with Crippen LogP contribution in [-0.2, 0) is 11.3 Å². The van der Waals surface area contributed by atoms with E-state index in [9.17, 15) is 19.5 Å². The van der Waals surface area contributed by atoms with E-state index >= 15 is 0 Å². The summed E-state index contributed by atoms with van der Waals surface area (Å²) >= 11 is 12.3. The van der Waals surface area contributed by atoms with Crippen molar-refractivity contribution < 1.29 is 14.6 Å². The van der Waals surface area contributed by atoms with Gasteiger partial charge in [0, 0.05) is 5.02 Å². The first kappa shape index (κ1) is 26.3. The molecule has 2 atom stereocenters. The molecule has 0 spiro atoms. The van der Waals surface area contributed by atoms with E-state index in [-0.39, 0.29) is 18.3 Å². The van der Waals surface area contributed by atoms with E-state index < -0.39 is 29.3 Å². The van der Waals surface area contributed by atoms with E-state index in [0.717, 1.165) is 10.1 Å². The van der Waals surface area contributed by atoms with E-state index in [2.05, 4.69) is 9.98 Å². The minimum absolute atomic E-state index is 0.0185. The molecule has 1 heterocycles. The molecule has 0 aliphatic rings. The van der Waals surface area contributed by atoms with Crippen molar-refractivity contribution in [2.45, 2.75) is 46.4 Å². The zero-order valence-corrected chi connectivity index (χ0v) is 21.2. The highest BCUT2D eigenvalue weighted by Gasteiger charge is 2.25. The lowest BCUT2D eigenvalue weighted by molar-refractivity contribution is -0.142. The number of benzene rings is 2. The Morgan fingerprint density at radius 2 is 1.74 bits per heavy atom. The number of carbonyl (C=O) groups is 1. The number of hydrogen-bond donors (Lipinski definition) is 2. The molecule has 3 rings (SSSR count). The number of aliphatic carboxylic acids is 1. The van der Waals surface area contributed by atoms with Gasteiger partial charge in [-0.25, -0.2) is 19.1 Å². The molecule has 2 N–H and O–H groups in total. The van der Waals surface area contributed by atoms with Gasteiger partial charge in [-0.2, -0.15) is 0 Å². The molecule has 0 aliphatic heterocycles. The Hall–Kier alpha value is -3.30. The minimum Gasteiger partial charge on any atom is -0.489 e. The maximum atomic E-state index is 13.5. The summed E-state index contributed by atoms with van der Waals surface area (Å²) in [5.74, 6) is -1.62. The fourth-order valence-corrected chi connectivity index (χ4v) is 3.70. The van der Waals surface area contributed by atoms with Crippen LogP contribution >= 0.6 is 23.2 Å². The van der Waals surface area contributed by atoms with Gasteiger partial charge in [-0.15, -0.1) is 0 Å². The maximum Gasteiger partial charge on any atom is 0.335 e. The first-order chi connectivity index (χ1) is 16.5. The standard InChI is InChI=1S/C24H26Cl2N4O5/c1-13(2)35-20-10-9-18(11-19(20)26)27-22-28-23(33)30(15(4)14(3)21(31)32)24(34)29(22)12-16-5-7-17(25)8-6-16/h5-11,13-15H,12H2,1-4H3,(H,31,32)(H,27,28,33)/t14-,15+/m1/s1. The van der Waals surface area contributed by atoms with Crippen molar-refractivity contribution in [1.82, 2.24) is 14.1 Å². The van der Waals surface area contributed by atoms with Crippen molar-refractivity contribution >= 4 is 34.9 Å². The third-order valence-electron chi connectivity index (χ3n) is 5.42. The maximum absolute atomic E-state index is 13.5. The van der Waals surface area contributed by atoms with Crippen LogP contribution in [0, 0.1) is 5.92 Å². The lowest BCUT2D eigenvalue weighted by Gasteiger charge is -2.19. The molecule has 9 nitrogen and oxygen atoms in total. The first-order valence-electron chi connectivity index (χ1n) is 10.9. The summed E-state index contributed by atoms with van der Waals surface area (Å²) in [7, 11) is 0. The second-order valence-electron chi connectivity index (χ2n) is 8.38. The van der Waals surface area contributed by atoms with Crippen LogP contribution in [0.25, 0.3) is 0 Å². The van der Waals surface area contributed by atoms with E-state index in [0.29, 0.717) is 21.5 Å². The van der Waals surface area contributed by atoms with Gasteiger partial charge in [0.05, 0.1) is 35.3 Å². The van der Waals surface area contributed by atoms with E-state index in [4.69, 9.17) is 27.9 Å². The number of aromatic nitrogens is 3. The van der Waals surface area contributed by atoms with Crippen LogP contribution < -0.4 is 21.7 Å². The number of ether oxygens (including phenoxy) is 1. The molecule has 0 saturated heterocycles. The van der Waals surface area contributed by atoms with Crippen LogP contribution in [0.15, 0.2) is 57.0 Å². The van der Waals surface area contributed by atoms with Gasteiger partial charge < -0.3 is 9.84 Å². The molecule has 0 bridgehead atoms. The van der Waals surface area contributed by atoms with Gasteiger partial charge in [-0.05, 0) is 63.6 Å². The van der Waals surface area contributed by atoms with Crippen LogP contribution in [-0.4, -0.2) is 31.3 Å². The van der Waals surface area contributed by atoms with Crippen molar-refractivity contribution in [2.75, 3.05) is 0 Å². The number of H-pyrrole nitrogens is 1. The van der Waals surface area contributed by atoms with E-state index in [1.54, 1.807) is 42.5 Å². The molecule has 1 aromatic heterocycles. The Balaban J connectivity index is 2.21. The molecule has 0 unspecified atom stereocenters. The number of carboxylic acids is 1. The van der Waals surface area contributed by atoms with Crippen molar-refractivity contribution in [3.63, 3.8) is 0 Å². The molecule has 0 aliphatic carbocycles. The molecule has 186 valence electrons. The van der Waals surface area contributed by atoms with Crippen LogP contribution in [0.1, 0.15) is 39.3 Å². The molecule has 11 heteroatoms. The number of carboxylic acid groups (broad SMARTS) is 1. The summed E-state index contributed by atoms with van der Waals surface area (Å²) in [6.07, 6.45) is -0.0732. The number of aromatic amines is 1. The normalized spacial score (nSPS) is 13.6. The smallest absolute Gasteiger partial charge is 0.335 e. The van der Waals surface area contributed by atoms with Gasteiger partial charge >= 0.3 is 17.3 Å². The monoisotopic (exact) mass is 520 g/mol. The predicted octanol–water partition coefficient (Wildman–Crippen LogP) is 3.99. The van der Waals surface area contributed by atoms with Crippen molar-refractivity contribution in [3.8, 4) is 5.75 Å². The van der Waals surface area contributed by atoms with Gasteiger partial charge in [-0.3, -0.25) is 14.3 Å². The molecule has 0 radical (unpaired) electrons. The van der Waals surface area contributed by atoms with Crippen molar-refractivity contribution in [3.05, 3.63) is 84.7 Å². The topological polar surface area (TPSA) is 119 Å². The molecular formula is C24H26Cl2N4O5. The Bertz CT molecular complexity index is 1410. The molecule has 0 saturated carbocycles. The Morgan fingerprint density at radius 1 is 1.09 bits per heavy atom. The average molecular weight is 521 g/mol. The first-order valence-corrected chi connectivity index (χ1v) is 11.7. The number of nitrogens with one attached hydrogen (secondary N) is 1. The van der Waals surface area contributed by atoms with Crippen molar-refractivity contribution in [1.29, 1.82) is 0 Å². The average Bonchev–Trinajstić information content (AvgIpc) is 2.78. The quantitative estimate of drug-likeness (QED) is 0.465. The largest absolute Gasteiger partial charge is 0.489 e. The molecule has 3 aromatic rings. The number of hydrogen-bond acceptors (Lipinski definition) is 5. The summed E-state index contributed by atoms with van der Waals surface area (Å²) in [5, 5.41) is 10.2. The molecule has 0 amide bonds. The second-order valence-corrected chi connectivity index (χ2v) is 9.22. The molecular weight excluding hydrogens is 495 g/mol. The van der Waals surface area contributed by atoms with Crippen LogP contribution in [0.3, 0.4) is 0 Å². The fraction of sp³-hybridized carbons (Fsp3) is 0.333. The zero-order valence-electron chi connectivity index (χ0n) is 19.7. The second kappa shape index (κ2) is 11.0. The predicted molar refractivity (Wildman–Crippen MR) is 134 cm³/mol. The number of halogens is 2. The lowest BCUT2D eigenvalue weighted by Crippen LogP contribution is -2.52. The Kier molecular flexibility index (Phi) is 8.24. The SMILES string of the molecule is CC(C)Oc1ccc(/N=c2\[nH]c(=O)n([C@@H](C)[C@@H](C)C(=O)O)c(=O)n2Cc2ccc(Cl)cc2)cc1Cl. The Labute approximate surface area is 211 Å². The highest BCUT2D eigenvalue weighted by Crippen LogP contribution is 2.29. The van der Waals surface area contributed by atoms with Crippen LogP contribution in [0.4, 0.5) is 5.69 Å². The van der Waals surface area contributed by atoms with Crippen molar-refractivity contribution in [2.24, 2.45) is 10.9 Å². The summed E-state index contributed by atoms with van der Waals surface area (Å²) in [5.41, 5.74) is -0.378. The van der Waals surface area contributed by atoms with Gasteiger partial charge in [0.15, 0.2) is 0 Å². The summed E-state index contributed by atoms with van der Waals surface area (Å²) < 4.78 is 7.79. The summed E-state index contributed by atoms with van der Waals surface area (Å²) in [4.78, 5) is 44.9. The van der Waals surface area contributed by atoms with Gasteiger partial charge in [0.2, 0.25) is 5.62 Å². The van der Waals surface area contributed by atoms with Gasteiger partial charge in [0.25, 0.3) is 0 Å². The number of rotatable bonds is 8. The molecule has 35 heavy (non-hydrogen) atoms. The minimum atomic E-state index is -1.12. The molecule has 2 aromatic carbocycles. The highest BCUT2D eigenvalue weighted by atomic mass is 35.5. The van der Waals surface area contributed by atoms with Crippen LogP contribution in [0.5, 0.6) is 5.75 Å². The van der Waals surface area contributed by atoms with Gasteiger partial charge in [0.1, 0.15) is 5.75 Å². The fourth-order valence-electron chi connectivity index (χ4n) is 3.35. The summed E-state index contributed by atoms with van der Waals surface area (Å²) in [6.45, 7) is 6.75.